The minimum atomic E-state index is -0.574. The molecule has 0 radical (unpaired) electrons. The summed E-state index contributed by atoms with van der Waals surface area (Å²) in [4.78, 5) is 22.9. The van der Waals surface area contributed by atoms with Gasteiger partial charge in [0.2, 0.25) is 5.91 Å². The molecule has 0 unspecified atom stereocenters. The molecule has 4 heterocycles. The van der Waals surface area contributed by atoms with Gasteiger partial charge in [0.05, 0.1) is 6.10 Å². The Kier molecular flexibility index (Phi) is 4.79. The van der Waals surface area contributed by atoms with E-state index >= 15 is 0 Å². The number of pyridine rings is 2. The first-order valence-corrected chi connectivity index (χ1v) is 10.5. The third-order valence-corrected chi connectivity index (χ3v) is 5.95. The summed E-state index contributed by atoms with van der Waals surface area (Å²) < 4.78 is 1.99. The van der Waals surface area contributed by atoms with Crippen LogP contribution in [-0.4, -0.2) is 32.1 Å². The minimum Gasteiger partial charge on any atom is -0.389 e. The van der Waals surface area contributed by atoms with E-state index in [0.717, 1.165) is 57.5 Å². The summed E-state index contributed by atoms with van der Waals surface area (Å²) in [6, 6.07) is 12.2. The molecular weight excluding hydrogens is 388 g/mol. The molecule has 31 heavy (non-hydrogen) atoms. The number of aryl methyl sites for hydroxylation is 1. The first-order valence-electron chi connectivity index (χ1n) is 10.5. The average Bonchev–Trinajstić information content (AvgIpc) is 3.37. The SMILES string of the molecule is C[C@H](O)c1cnc2c(c1)c(-c1cncc(-c3ccc(N4CCCC4=O)cc3)c1)cn2C. The topological polar surface area (TPSA) is 71.2 Å². The quantitative estimate of drug-likeness (QED) is 0.536. The Labute approximate surface area is 180 Å². The number of amides is 1. The number of aliphatic hydroxyl groups is 1. The van der Waals surface area contributed by atoms with Crippen molar-refractivity contribution in [2.24, 2.45) is 7.05 Å². The third-order valence-electron chi connectivity index (χ3n) is 5.95. The number of rotatable bonds is 4. The largest absolute Gasteiger partial charge is 0.389 e. The Bertz CT molecular complexity index is 1270. The van der Waals surface area contributed by atoms with Gasteiger partial charge in [-0.05, 0) is 48.7 Å². The standard InChI is InChI=1S/C25H24N4O2/c1-16(30)18-11-22-23(15-28(2)25(22)27-14-18)20-10-19(12-26-13-20)17-5-7-21(8-6-17)29-9-3-4-24(29)31/h5-8,10-16,30H,3-4,9H2,1-2H3/t16-/m0/s1. The van der Waals surface area contributed by atoms with Gasteiger partial charge in [0.1, 0.15) is 5.65 Å². The van der Waals surface area contributed by atoms with Crippen LogP contribution in [0, 0.1) is 0 Å². The molecule has 1 fully saturated rings. The molecule has 0 spiro atoms. The van der Waals surface area contributed by atoms with E-state index in [1.54, 1.807) is 13.1 Å². The van der Waals surface area contributed by atoms with E-state index in [9.17, 15) is 9.90 Å². The molecule has 1 aliphatic rings. The molecule has 5 rings (SSSR count). The molecule has 156 valence electrons. The van der Waals surface area contributed by atoms with Crippen molar-refractivity contribution in [1.29, 1.82) is 0 Å². The maximum Gasteiger partial charge on any atom is 0.227 e. The molecule has 1 saturated heterocycles. The van der Waals surface area contributed by atoms with E-state index < -0.39 is 6.10 Å². The van der Waals surface area contributed by atoms with Gasteiger partial charge in [0, 0.05) is 72.6 Å². The van der Waals surface area contributed by atoms with Gasteiger partial charge in [-0.25, -0.2) is 4.98 Å². The van der Waals surface area contributed by atoms with Gasteiger partial charge in [-0.15, -0.1) is 0 Å². The van der Waals surface area contributed by atoms with Gasteiger partial charge in [-0.2, -0.15) is 0 Å². The van der Waals surface area contributed by atoms with Gasteiger partial charge in [-0.3, -0.25) is 9.78 Å². The number of aliphatic hydroxyl groups excluding tert-OH is 1. The highest BCUT2D eigenvalue weighted by molar-refractivity contribution is 5.96. The van der Waals surface area contributed by atoms with E-state index in [2.05, 4.69) is 16.0 Å². The zero-order valence-corrected chi connectivity index (χ0v) is 17.6. The molecule has 1 aromatic carbocycles. The van der Waals surface area contributed by atoms with Crippen molar-refractivity contribution in [2.45, 2.75) is 25.9 Å². The van der Waals surface area contributed by atoms with Gasteiger partial charge < -0.3 is 14.6 Å². The lowest BCUT2D eigenvalue weighted by Crippen LogP contribution is -2.23. The fraction of sp³-hybridized carbons (Fsp3) is 0.240. The van der Waals surface area contributed by atoms with E-state index in [1.807, 2.05) is 65.4 Å². The summed E-state index contributed by atoms with van der Waals surface area (Å²) >= 11 is 0. The molecule has 3 aromatic heterocycles. The van der Waals surface area contributed by atoms with Gasteiger partial charge in [-0.1, -0.05) is 12.1 Å². The fourth-order valence-corrected chi connectivity index (χ4v) is 4.24. The summed E-state index contributed by atoms with van der Waals surface area (Å²) in [5.41, 5.74) is 6.68. The van der Waals surface area contributed by atoms with Crippen molar-refractivity contribution >= 4 is 22.6 Å². The predicted octanol–water partition coefficient (Wildman–Crippen LogP) is 4.48. The fourth-order valence-electron chi connectivity index (χ4n) is 4.24. The highest BCUT2D eigenvalue weighted by atomic mass is 16.3. The molecule has 6 nitrogen and oxygen atoms in total. The summed E-state index contributed by atoms with van der Waals surface area (Å²) in [5.74, 6) is 0.192. The van der Waals surface area contributed by atoms with Crippen LogP contribution >= 0.6 is 0 Å². The zero-order chi connectivity index (χ0) is 21.5. The van der Waals surface area contributed by atoms with Crippen LogP contribution in [0.4, 0.5) is 5.69 Å². The highest BCUT2D eigenvalue weighted by Crippen LogP contribution is 2.33. The van der Waals surface area contributed by atoms with Crippen LogP contribution < -0.4 is 4.90 Å². The number of fused-ring (bicyclic) bond motifs is 1. The van der Waals surface area contributed by atoms with Crippen LogP contribution in [0.2, 0.25) is 0 Å². The molecule has 0 bridgehead atoms. The number of hydrogen-bond acceptors (Lipinski definition) is 4. The maximum atomic E-state index is 12.0. The number of anilines is 1. The minimum absolute atomic E-state index is 0.192. The lowest BCUT2D eigenvalue weighted by atomic mass is 10.0. The predicted molar refractivity (Wildman–Crippen MR) is 122 cm³/mol. The first kappa shape index (κ1) is 19.5. The van der Waals surface area contributed by atoms with Crippen molar-refractivity contribution < 1.29 is 9.90 Å². The summed E-state index contributed by atoms with van der Waals surface area (Å²) in [6.45, 7) is 2.53. The Morgan fingerprint density at radius 1 is 1.03 bits per heavy atom. The number of carbonyl (C=O) groups excluding carboxylic acids is 1. The second-order valence-corrected chi connectivity index (χ2v) is 8.13. The molecule has 1 aliphatic heterocycles. The van der Waals surface area contributed by atoms with Gasteiger partial charge in [0.25, 0.3) is 0 Å². The van der Waals surface area contributed by atoms with Crippen molar-refractivity contribution in [1.82, 2.24) is 14.5 Å². The van der Waals surface area contributed by atoms with Crippen molar-refractivity contribution in [3.63, 3.8) is 0 Å². The zero-order valence-electron chi connectivity index (χ0n) is 17.6. The van der Waals surface area contributed by atoms with E-state index in [0.29, 0.717) is 6.42 Å². The van der Waals surface area contributed by atoms with Crippen LogP contribution in [-0.2, 0) is 11.8 Å². The van der Waals surface area contributed by atoms with Crippen LogP contribution in [0.25, 0.3) is 33.3 Å². The molecular formula is C25H24N4O2. The monoisotopic (exact) mass is 412 g/mol. The number of benzene rings is 1. The smallest absolute Gasteiger partial charge is 0.227 e. The molecule has 1 atom stereocenters. The third kappa shape index (κ3) is 3.49. The lowest BCUT2D eigenvalue weighted by molar-refractivity contribution is -0.117. The van der Waals surface area contributed by atoms with Gasteiger partial charge >= 0.3 is 0 Å². The molecule has 6 heteroatoms. The number of nitrogens with zero attached hydrogens (tertiary/aromatic N) is 4. The number of aromatic nitrogens is 3. The molecule has 1 N–H and O–H groups in total. The normalized spacial score (nSPS) is 15.1. The highest BCUT2D eigenvalue weighted by Gasteiger charge is 2.21. The second kappa shape index (κ2) is 7.63. The molecule has 0 saturated carbocycles. The second-order valence-electron chi connectivity index (χ2n) is 8.13. The molecule has 0 aliphatic carbocycles. The van der Waals surface area contributed by atoms with Gasteiger partial charge in [0.15, 0.2) is 0 Å². The van der Waals surface area contributed by atoms with Crippen LogP contribution in [0.5, 0.6) is 0 Å². The maximum absolute atomic E-state index is 12.0. The van der Waals surface area contributed by atoms with Crippen LogP contribution in [0.1, 0.15) is 31.4 Å². The summed E-state index contributed by atoms with van der Waals surface area (Å²) in [7, 11) is 1.97. The van der Waals surface area contributed by atoms with Crippen LogP contribution in [0.15, 0.2) is 61.2 Å². The van der Waals surface area contributed by atoms with E-state index in [4.69, 9.17) is 0 Å². The first-order chi connectivity index (χ1) is 15.0. The Balaban J connectivity index is 1.52. The Hall–Kier alpha value is -3.51. The average molecular weight is 412 g/mol. The molecule has 4 aromatic rings. The lowest BCUT2D eigenvalue weighted by Gasteiger charge is -2.16. The van der Waals surface area contributed by atoms with Crippen molar-refractivity contribution in [3.05, 3.63) is 66.7 Å². The summed E-state index contributed by atoms with van der Waals surface area (Å²) in [6.07, 6.45) is 8.45. The van der Waals surface area contributed by atoms with E-state index in [1.165, 1.54) is 0 Å². The van der Waals surface area contributed by atoms with E-state index in [-0.39, 0.29) is 5.91 Å². The Morgan fingerprint density at radius 3 is 2.52 bits per heavy atom. The van der Waals surface area contributed by atoms with Crippen molar-refractivity contribution in [3.8, 4) is 22.3 Å². The van der Waals surface area contributed by atoms with Crippen molar-refractivity contribution in [2.75, 3.05) is 11.4 Å². The molecule has 1 amide bonds. The summed E-state index contributed by atoms with van der Waals surface area (Å²) in [5, 5.41) is 11.0. The number of carbonyl (C=O) groups is 1. The van der Waals surface area contributed by atoms with Crippen LogP contribution in [0.3, 0.4) is 0 Å². The number of hydrogen-bond donors (Lipinski definition) is 1. The Morgan fingerprint density at radius 2 is 1.81 bits per heavy atom.